The van der Waals surface area contributed by atoms with E-state index in [0.29, 0.717) is 17.9 Å². The van der Waals surface area contributed by atoms with Gasteiger partial charge in [-0.1, -0.05) is 17.7 Å². The van der Waals surface area contributed by atoms with Gasteiger partial charge in [0.15, 0.2) is 0 Å². The number of carboxylic acids is 1. The van der Waals surface area contributed by atoms with E-state index in [2.05, 4.69) is 14.3 Å². The van der Waals surface area contributed by atoms with Crippen LogP contribution in [0.3, 0.4) is 0 Å². The van der Waals surface area contributed by atoms with Crippen LogP contribution in [0.25, 0.3) is 0 Å². The third-order valence-corrected chi connectivity index (χ3v) is 6.78. The summed E-state index contributed by atoms with van der Waals surface area (Å²) in [5, 5.41) is 9.53. The highest BCUT2D eigenvalue weighted by atomic mass is 35.5. The van der Waals surface area contributed by atoms with Gasteiger partial charge in [-0.25, -0.2) is 13.1 Å². The van der Waals surface area contributed by atoms with Gasteiger partial charge in [-0.2, -0.15) is 0 Å². The molecule has 0 atom stereocenters. The molecule has 0 aliphatic heterocycles. The van der Waals surface area contributed by atoms with Crippen LogP contribution in [-0.4, -0.2) is 35.6 Å². The van der Waals surface area contributed by atoms with Crippen LogP contribution in [0.1, 0.15) is 29.7 Å². The monoisotopic (exact) mass is 475 g/mol. The molecule has 0 aliphatic carbocycles. The Morgan fingerprint density at radius 1 is 1.09 bits per heavy atom. The molecule has 0 fully saturated rings. The van der Waals surface area contributed by atoms with Crippen molar-refractivity contribution in [1.29, 1.82) is 0 Å². The minimum atomic E-state index is -3.62. The van der Waals surface area contributed by atoms with Gasteiger partial charge in [0.1, 0.15) is 0 Å². The van der Waals surface area contributed by atoms with Crippen molar-refractivity contribution in [3.63, 3.8) is 0 Å². The molecule has 1 aromatic carbocycles. The largest absolute Gasteiger partial charge is 0.481 e. The van der Waals surface area contributed by atoms with Crippen molar-refractivity contribution in [2.75, 3.05) is 6.54 Å². The van der Waals surface area contributed by atoms with Crippen molar-refractivity contribution in [2.45, 2.75) is 43.5 Å². The average Bonchev–Trinajstić information content (AvgIpc) is 3.15. The molecule has 3 aromatic rings. The Hall–Kier alpha value is -2.68. The fourth-order valence-electron chi connectivity index (χ4n) is 3.44. The minimum absolute atomic E-state index is 0.0508. The van der Waals surface area contributed by atoms with E-state index < -0.39 is 16.0 Å². The summed E-state index contributed by atoms with van der Waals surface area (Å²) < 4.78 is 29.5. The molecule has 0 unspecified atom stereocenters. The van der Waals surface area contributed by atoms with E-state index in [-0.39, 0.29) is 17.9 Å². The maximum Gasteiger partial charge on any atom is 0.303 e. The second kappa shape index (κ2) is 11.3. The molecule has 0 aliphatic rings. The van der Waals surface area contributed by atoms with Gasteiger partial charge in [-0.15, -0.1) is 0 Å². The first-order chi connectivity index (χ1) is 15.3. The number of aromatic nitrogens is 2. The maximum atomic E-state index is 12.4. The number of carboxylic acid groups (broad SMARTS) is 1. The lowest BCUT2D eigenvalue weighted by atomic mass is 10.1. The van der Waals surface area contributed by atoms with E-state index in [1.54, 1.807) is 6.20 Å². The Labute approximate surface area is 193 Å². The molecule has 0 saturated heterocycles. The highest BCUT2D eigenvalue weighted by molar-refractivity contribution is 7.89. The van der Waals surface area contributed by atoms with Gasteiger partial charge < -0.3 is 9.67 Å². The van der Waals surface area contributed by atoms with E-state index in [9.17, 15) is 13.2 Å². The molecule has 170 valence electrons. The molecule has 2 heterocycles. The predicted molar refractivity (Wildman–Crippen MR) is 123 cm³/mol. The van der Waals surface area contributed by atoms with Crippen LogP contribution in [0.4, 0.5) is 0 Å². The number of benzene rings is 1. The quantitative estimate of drug-likeness (QED) is 0.416. The summed E-state index contributed by atoms with van der Waals surface area (Å²) in [5.41, 5.74) is 3.06. The van der Waals surface area contributed by atoms with Crippen LogP contribution in [0.5, 0.6) is 0 Å². The van der Waals surface area contributed by atoms with Gasteiger partial charge in [0.2, 0.25) is 10.0 Å². The van der Waals surface area contributed by atoms with Crippen molar-refractivity contribution < 1.29 is 18.3 Å². The standard InChI is InChI=1S/C23H26ClN3O4S/c24-20-5-8-22(9-6-20)32(30,31)26-13-11-19-15-21(7-10-23(28)29)27(17-19)14-2-4-18-3-1-12-25-16-18/h1,3,5-6,8-9,12,15-17,26H,2,4,7,10-11,13-14H2,(H,28,29). The molecule has 0 radical (unpaired) electrons. The molecule has 32 heavy (non-hydrogen) atoms. The second-order valence-electron chi connectivity index (χ2n) is 7.49. The number of aliphatic carboxylic acids is 1. The molecule has 7 nitrogen and oxygen atoms in total. The van der Waals surface area contributed by atoms with Crippen LogP contribution in [0.2, 0.25) is 5.02 Å². The van der Waals surface area contributed by atoms with Crippen LogP contribution in [0.15, 0.2) is 66.0 Å². The molecule has 2 aromatic heterocycles. The van der Waals surface area contributed by atoms with Crippen molar-refractivity contribution in [3.05, 3.63) is 82.9 Å². The Morgan fingerprint density at radius 3 is 2.56 bits per heavy atom. The molecule has 0 saturated carbocycles. The molecule has 9 heteroatoms. The first-order valence-electron chi connectivity index (χ1n) is 10.4. The number of nitrogens with zero attached hydrogens (tertiary/aromatic N) is 2. The van der Waals surface area contributed by atoms with Gasteiger partial charge in [0.25, 0.3) is 0 Å². The van der Waals surface area contributed by atoms with Crippen LogP contribution in [-0.2, 0) is 40.6 Å². The number of sulfonamides is 1. The Morgan fingerprint density at radius 2 is 1.88 bits per heavy atom. The van der Waals surface area contributed by atoms with Crippen molar-refractivity contribution >= 4 is 27.6 Å². The van der Waals surface area contributed by atoms with E-state index in [1.807, 2.05) is 30.6 Å². The number of carbonyl (C=O) groups is 1. The minimum Gasteiger partial charge on any atom is -0.481 e. The Kier molecular flexibility index (Phi) is 8.44. The van der Waals surface area contributed by atoms with Crippen LogP contribution in [0, 0.1) is 0 Å². The number of hydrogen-bond acceptors (Lipinski definition) is 4. The molecule has 0 amide bonds. The summed E-state index contributed by atoms with van der Waals surface area (Å²) in [7, 11) is -3.62. The molecular formula is C23H26ClN3O4S. The number of nitrogens with one attached hydrogen (secondary N) is 1. The zero-order valence-electron chi connectivity index (χ0n) is 17.6. The van der Waals surface area contributed by atoms with Gasteiger partial charge in [0.05, 0.1) is 11.3 Å². The lowest BCUT2D eigenvalue weighted by Gasteiger charge is -2.08. The Balaban J connectivity index is 1.60. The summed E-state index contributed by atoms with van der Waals surface area (Å²) in [4.78, 5) is 15.3. The van der Waals surface area contributed by atoms with Crippen LogP contribution >= 0.6 is 11.6 Å². The fourth-order valence-corrected chi connectivity index (χ4v) is 4.60. The summed E-state index contributed by atoms with van der Waals surface area (Å²) in [5.74, 6) is -0.842. The van der Waals surface area contributed by atoms with Crippen molar-refractivity contribution in [3.8, 4) is 0 Å². The predicted octanol–water partition coefficient (Wildman–Crippen LogP) is 3.71. The SMILES string of the molecule is O=C(O)CCc1cc(CCNS(=O)(=O)c2ccc(Cl)cc2)cn1CCCc1cccnc1. The van der Waals surface area contributed by atoms with Crippen molar-refractivity contribution in [2.24, 2.45) is 0 Å². The summed E-state index contributed by atoms with van der Waals surface area (Å²) in [6.45, 7) is 0.989. The topological polar surface area (TPSA) is 101 Å². The first-order valence-corrected chi connectivity index (χ1v) is 12.2. The summed E-state index contributed by atoms with van der Waals surface area (Å²) in [6, 6.07) is 11.9. The van der Waals surface area contributed by atoms with Gasteiger partial charge >= 0.3 is 5.97 Å². The molecule has 0 spiro atoms. The van der Waals surface area contributed by atoms with Gasteiger partial charge in [-0.05, 0) is 73.2 Å². The fraction of sp³-hybridized carbons (Fsp3) is 0.304. The van der Waals surface area contributed by atoms with Crippen LogP contribution < -0.4 is 4.72 Å². The van der Waals surface area contributed by atoms with Crippen molar-refractivity contribution in [1.82, 2.24) is 14.3 Å². The smallest absolute Gasteiger partial charge is 0.303 e. The van der Waals surface area contributed by atoms with E-state index in [1.165, 1.54) is 24.3 Å². The lowest BCUT2D eigenvalue weighted by molar-refractivity contribution is -0.137. The third kappa shape index (κ3) is 7.19. The van der Waals surface area contributed by atoms with E-state index in [4.69, 9.17) is 16.7 Å². The Bertz CT molecular complexity index is 1130. The van der Waals surface area contributed by atoms with E-state index in [0.717, 1.165) is 36.2 Å². The molecular weight excluding hydrogens is 450 g/mol. The normalized spacial score (nSPS) is 11.5. The number of halogens is 1. The summed E-state index contributed by atoms with van der Waals surface area (Å²) >= 11 is 5.82. The number of rotatable bonds is 12. The van der Waals surface area contributed by atoms with E-state index >= 15 is 0 Å². The zero-order chi connectivity index (χ0) is 23.0. The third-order valence-electron chi connectivity index (χ3n) is 5.05. The second-order valence-corrected chi connectivity index (χ2v) is 9.70. The lowest BCUT2D eigenvalue weighted by Crippen LogP contribution is -2.25. The average molecular weight is 476 g/mol. The molecule has 3 rings (SSSR count). The van der Waals surface area contributed by atoms with Gasteiger partial charge in [0, 0.05) is 42.4 Å². The number of aryl methyl sites for hydroxylation is 3. The zero-order valence-corrected chi connectivity index (χ0v) is 19.1. The number of pyridine rings is 1. The summed E-state index contributed by atoms with van der Waals surface area (Å²) in [6.07, 6.45) is 8.32. The maximum absolute atomic E-state index is 12.4. The first kappa shape index (κ1) is 24.0. The highest BCUT2D eigenvalue weighted by Crippen LogP contribution is 2.16. The molecule has 0 bridgehead atoms. The van der Waals surface area contributed by atoms with Gasteiger partial charge in [-0.3, -0.25) is 9.78 Å². The molecule has 2 N–H and O–H groups in total. The highest BCUT2D eigenvalue weighted by Gasteiger charge is 2.14. The number of hydrogen-bond donors (Lipinski definition) is 2.